The van der Waals surface area contributed by atoms with Gasteiger partial charge in [0.05, 0.1) is 25.9 Å². The van der Waals surface area contributed by atoms with Crippen molar-refractivity contribution in [2.45, 2.75) is 44.9 Å². The van der Waals surface area contributed by atoms with Gasteiger partial charge in [-0.2, -0.15) is 8.42 Å². The van der Waals surface area contributed by atoms with Crippen LogP contribution in [0, 0.1) is 23.7 Å². The van der Waals surface area contributed by atoms with Crippen molar-refractivity contribution in [3.63, 3.8) is 0 Å². The maximum Gasteiger partial charge on any atom is 0.309 e. The van der Waals surface area contributed by atoms with Crippen LogP contribution < -0.4 is 0 Å². The lowest BCUT2D eigenvalue weighted by Crippen LogP contribution is -2.40. The van der Waals surface area contributed by atoms with E-state index in [1.54, 1.807) is 0 Å². The molecule has 5 nitrogen and oxygen atoms in total. The van der Waals surface area contributed by atoms with E-state index in [9.17, 15) is 13.2 Å². The Labute approximate surface area is 127 Å². The molecule has 21 heavy (non-hydrogen) atoms. The van der Waals surface area contributed by atoms with Gasteiger partial charge in [-0.05, 0) is 24.7 Å². The summed E-state index contributed by atoms with van der Waals surface area (Å²) < 4.78 is 32.6. The summed E-state index contributed by atoms with van der Waals surface area (Å²) in [4.78, 5) is 12.0. The fourth-order valence-electron chi connectivity index (χ4n) is 4.16. The van der Waals surface area contributed by atoms with Gasteiger partial charge in [0, 0.05) is 5.92 Å². The molecule has 0 spiro atoms. The van der Waals surface area contributed by atoms with Gasteiger partial charge in [-0.3, -0.25) is 8.98 Å². The predicted octanol–water partition coefficient (Wildman–Crippen LogP) is 2.36. The molecular weight excluding hydrogens is 292 g/mol. The van der Waals surface area contributed by atoms with Crippen LogP contribution in [-0.4, -0.2) is 34.4 Å². The maximum atomic E-state index is 12.0. The van der Waals surface area contributed by atoms with Crippen LogP contribution in [0.2, 0.25) is 0 Å². The van der Waals surface area contributed by atoms with Crippen molar-refractivity contribution in [2.75, 3.05) is 20.0 Å². The molecule has 0 aliphatic heterocycles. The quantitative estimate of drug-likeness (QED) is 0.575. The lowest BCUT2D eigenvalue weighted by Gasteiger charge is -2.39. The first-order valence-electron chi connectivity index (χ1n) is 7.84. The summed E-state index contributed by atoms with van der Waals surface area (Å²) >= 11 is 0. The van der Waals surface area contributed by atoms with E-state index in [2.05, 4.69) is 0 Å². The summed E-state index contributed by atoms with van der Waals surface area (Å²) in [5, 5.41) is 0. The Balaban J connectivity index is 2.14. The normalized spacial score (nSPS) is 31.2. The number of esters is 1. The van der Waals surface area contributed by atoms with E-state index in [1.807, 2.05) is 0 Å². The third-order valence-electron chi connectivity index (χ3n) is 5.10. The Morgan fingerprint density at radius 3 is 2.33 bits per heavy atom. The van der Waals surface area contributed by atoms with Crippen LogP contribution in [0.3, 0.4) is 0 Å². The van der Waals surface area contributed by atoms with Crippen LogP contribution in [-0.2, 0) is 23.8 Å². The molecule has 6 heteroatoms. The van der Waals surface area contributed by atoms with Gasteiger partial charge in [0.1, 0.15) is 0 Å². The fourth-order valence-corrected chi connectivity index (χ4v) is 4.56. The Morgan fingerprint density at radius 1 is 1.10 bits per heavy atom. The minimum Gasteiger partial charge on any atom is -0.469 e. The third-order valence-corrected chi connectivity index (χ3v) is 5.67. The van der Waals surface area contributed by atoms with Gasteiger partial charge >= 0.3 is 5.97 Å². The molecule has 2 fully saturated rings. The van der Waals surface area contributed by atoms with Crippen LogP contribution >= 0.6 is 0 Å². The largest absolute Gasteiger partial charge is 0.469 e. The van der Waals surface area contributed by atoms with Crippen molar-refractivity contribution < 1.29 is 22.1 Å². The van der Waals surface area contributed by atoms with Gasteiger partial charge in [-0.1, -0.05) is 32.1 Å². The minimum absolute atomic E-state index is 0.0379. The zero-order chi connectivity index (χ0) is 15.5. The second-order valence-corrected chi connectivity index (χ2v) is 8.07. The van der Waals surface area contributed by atoms with Gasteiger partial charge in [0.2, 0.25) is 0 Å². The Bertz CT molecular complexity index is 453. The topological polar surface area (TPSA) is 69.7 Å². The zero-order valence-electron chi connectivity index (χ0n) is 12.9. The summed E-state index contributed by atoms with van der Waals surface area (Å²) in [7, 11) is -2.08. The summed E-state index contributed by atoms with van der Waals surface area (Å²) in [5.74, 6) is 0.498. The number of hydrogen-bond donors (Lipinski definition) is 0. The second kappa shape index (κ2) is 7.09. The Kier molecular flexibility index (Phi) is 5.66. The molecule has 3 atom stereocenters. The highest BCUT2D eigenvalue weighted by atomic mass is 32.2. The van der Waals surface area contributed by atoms with Crippen LogP contribution in [0.25, 0.3) is 0 Å². The molecule has 0 aromatic carbocycles. The standard InChI is InChI=1S/C15H26O5S/c1-19-15(16)13-9-5-8-12(11-6-3-4-7-11)14(13)10-20-21(2,17)18/h11-14H,3-10H2,1-2H3. The molecule has 2 aliphatic carbocycles. The average molecular weight is 318 g/mol. The SMILES string of the molecule is COC(=O)C1CCCC(C2CCCC2)C1COS(C)(=O)=O. The third kappa shape index (κ3) is 4.42. The van der Waals surface area contributed by atoms with Crippen molar-refractivity contribution in [1.82, 2.24) is 0 Å². The highest BCUT2D eigenvalue weighted by Gasteiger charge is 2.42. The van der Waals surface area contributed by atoms with E-state index >= 15 is 0 Å². The summed E-state index contributed by atoms with van der Waals surface area (Å²) in [6.45, 7) is 0.111. The molecule has 0 radical (unpaired) electrons. The maximum absolute atomic E-state index is 12.0. The van der Waals surface area contributed by atoms with Gasteiger partial charge in [-0.25, -0.2) is 0 Å². The lowest BCUT2D eigenvalue weighted by atomic mass is 9.67. The van der Waals surface area contributed by atoms with E-state index < -0.39 is 10.1 Å². The van der Waals surface area contributed by atoms with E-state index in [0.717, 1.165) is 25.5 Å². The molecular formula is C15H26O5S. The molecule has 0 aromatic heterocycles. The number of rotatable bonds is 5. The molecule has 0 amide bonds. The Hall–Kier alpha value is -0.620. The first-order valence-corrected chi connectivity index (χ1v) is 9.66. The van der Waals surface area contributed by atoms with Crippen LogP contribution in [0.1, 0.15) is 44.9 Å². The van der Waals surface area contributed by atoms with Crippen LogP contribution in [0.4, 0.5) is 0 Å². The monoisotopic (exact) mass is 318 g/mol. The Morgan fingerprint density at radius 2 is 1.76 bits per heavy atom. The molecule has 3 unspecified atom stereocenters. The smallest absolute Gasteiger partial charge is 0.309 e. The first-order chi connectivity index (χ1) is 9.92. The van der Waals surface area contributed by atoms with Crippen molar-refractivity contribution >= 4 is 16.1 Å². The summed E-state index contributed by atoms with van der Waals surface area (Å²) in [6, 6.07) is 0. The van der Waals surface area contributed by atoms with Gasteiger partial charge in [0.15, 0.2) is 0 Å². The van der Waals surface area contributed by atoms with E-state index in [0.29, 0.717) is 11.8 Å². The van der Waals surface area contributed by atoms with Gasteiger partial charge in [0.25, 0.3) is 10.1 Å². The number of methoxy groups -OCH3 is 1. The van der Waals surface area contributed by atoms with Crippen LogP contribution in [0.5, 0.6) is 0 Å². The van der Waals surface area contributed by atoms with Crippen molar-refractivity contribution in [3.05, 3.63) is 0 Å². The zero-order valence-corrected chi connectivity index (χ0v) is 13.7. The van der Waals surface area contributed by atoms with Crippen LogP contribution in [0.15, 0.2) is 0 Å². The highest BCUT2D eigenvalue weighted by Crippen LogP contribution is 2.45. The fraction of sp³-hybridized carbons (Fsp3) is 0.933. The molecule has 2 rings (SSSR count). The number of ether oxygens (including phenoxy) is 1. The molecule has 122 valence electrons. The molecule has 0 heterocycles. The molecule has 0 bridgehead atoms. The highest BCUT2D eigenvalue weighted by molar-refractivity contribution is 7.85. The summed E-state index contributed by atoms with van der Waals surface area (Å²) in [6.07, 6.45) is 8.77. The van der Waals surface area contributed by atoms with E-state index in [4.69, 9.17) is 8.92 Å². The van der Waals surface area contributed by atoms with Gasteiger partial charge < -0.3 is 4.74 Å². The predicted molar refractivity (Wildman–Crippen MR) is 79.1 cm³/mol. The number of carbonyl (C=O) groups is 1. The molecule has 0 saturated heterocycles. The van der Waals surface area contributed by atoms with E-state index in [-0.39, 0.29) is 24.4 Å². The first kappa shape index (κ1) is 16.7. The molecule has 0 aromatic rings. The van der Waals surface area contributed by atoms with Gasteiger partial charge in [-0.15, -0.1) is 0 Å². The molecule has 0 N–H and O–H groups in total. The minimum atomic E-state index is -3.48. The number of carbonyl (C=O) groups excluding carboxylic acids is 1. The number of hydrogen-bond acceptors (Lipinski definition) is 5. The van der Waals surface area contributed by atoms with E-state index in [1.165, 1.54) is 32.8 Å². The lowest BCUT2D eigenvalue weighted by molar-refractivity contribution is -0.151. The molecule has 2 aliphatic rings. The van der Waals surface area contributed by atoms with Crippen molar-refractivity contribution in [1.29, 1.82) is 0 Å². The summed E-state index contributed by atoms with van der Waals surface area (Å²) in [5.41, 5.74) is 0. The van der Waals surface area contributed by atoms with Crippen molar-refractivity contribution in [2.24, 2.45) is 23.7 Å². The second-order valence-electron chi connectivity index (χ2n) is 6.42. The van der Waals surface area contributed by atoms with Crippen molar-refractivity contribution in [3.8, 4) is 0 Å². The molecule has 2 saturated carbocycles. The average Bonchev–Trinajstić information content (AvgIpc) is 2.97.